The molecule has 2 aliphatic heterocycles. The SMILES string of the molecule is CC1CCNC(C)C1NCC(=O)N1CCN(C(=O)C2CC2)CC1. The number of nitrogens with one attached hydrogen (secondary N) is 2. The van der Waals surface area contributed by atoms with Crippen molar-refractivity contribution in [3.8, 4) is 0 Å². The molecule has 3 aliphatic rings. The average Bonchev–Trinajstić information content (AvgIpc) is 3.38. The lowest BCUT2D eigenvalue weighted by atomic mass is 9.89. The fourth-order valence-corrected chi connectivity index (χ4v) is 3.80. The summed E-state index contributed by atoms with van der Waals surface area (Å²) in [7, 11) is 0. The summed E-state index contributed by atoms with van der Waals surface area (Å²) in [5, 5.41) is 6.92. The summed E-state index contributed by atoms with van der Waals surface area (Å²) < 4.78 is 0. The van der Waals surface area contributed by atoms with Gasteiger partial charge in [-0.15, -0.1) is 0 Å². The van der Waals surface area contributed by atoms with E-state index >= 15 is 0 Å². The van der Waals surface area contributed by atoms with E-state index in [0.717, 1.165) is 25.8 Å². The van der Waals surface area contributed by atoms with Crippen molar-refractivity contribution >= 4 is 11.8 Å². The normalized spacial score (nSPS) is 32.0. The summed E-state index contributed by atoms with van der Waals surface area (Å²) in [5.41, 5.74) is 0. The molecule has 2 N–H and O–H groups in total. The largest absolute Gasteiger partial charge is 0.339 e. The number of piperazine rings is 1. The second-order valence-corrected chi connectivity index (χ2v) is 7.40. The summed E-state index contributed by atoms with van der Waals surface area (Å²) in [6.45, 7) is 8.63. The fraction of sp³-hybridized carbons (Fsp3) is 0.882. The molecule has 130 valence electrons. The minimum atomic E-state index is 0.161. The van der Waals surface area contributed by atoms with Crippen LogP contribution >= 0.6 is 0 Å². The Morgan fingerprint density at radius 1 is 1.04 bits per heavy atom. The second-order valence-electron chi connectivity index (χ2n) is 7.40. The molecule has 0 bridgehead atoms. The van der Waals surface area contributed by atoms with E-state index < -0.39 is 0 Å². The number of carbonyl (C=O) groups excluding carboxylic acids is 2. The summed E-state index contributed by atoms with van der Waals surface area (Å²) in [6, 6.07) is 0.755. The van der Waals surface area contributed by atoms with Crippen molar-refractivity contribution in [2.24, 2.45) is 11.8 Å². The number of hydrogen-bond donors (Lipinski definition) is 2. The Morgan fingerprint density at radius 2 is 1.70 bits per heavy atom. The predicted octanol–water partition coefficient (Wildman–Crippen LogP) is 0.0433. The van der Waals surface area contributed by atoms with Gasteiger partial charge in [-0.2, -0.15) is 0 Å². The van der Waals surface area contributed by atoms with E-state index in [4.69, 9.17) is 0 Å². The van der Waals surface area contributed by atoms with Crippen molar-refractivity contribution in [1.82, 2.24) is 20.4 Å². The lowest BCUT2D eigenvalue weighted by Crippen LogP contribution is -2.57. The van der Waals surface area contributed by atoms with Crippen LogP contribution in [0.25, 0.3) is 0 Å². The van der Waals surface area contributed by atoms with Gasteiger partial charge in [-0.05, 0) is 38.6 Å². The third kappa shape index (κ3) is 4.04. The quantitative estimate of drug-likeness (QED) is 0.767. The standard InChI is InChI=1S/C17H30N4O2/c1-12-5-6-18-13(2)16(12)19-11-15(22)20-7-9-21(10-8-20)17(23)14-3-4-14/h12-14,16,18-19H,3-11H2,1-2H3. The van der Waals surface area contributed by atoms with E-state index in [1.165, 1.54) is 0 Å². The van der Waals surface area contributed by atoms with E-state index in [2.05, 4.69) is 24.5 Å². The molecule has 0 aromatic rings. The molecule has 2 saturated heterocycles. The number of nitrogens with zero attached hydrogens (tertiary/aromatic N) is 2. The first kappa shape index (κ1) is 16.7. The summed E-state index contributed by atoms with van der Waals surface area (Å²) in [4.78, 5) is 28.3. The smallest absolute Gasteiger partial charge is 0.236 e. The molecule has 0 radical (unpaired) electrons. The Labute approximate surface area is 139 Å². The monoisotopic (exact) mass is 322 g/mol. The molecule has 6 heteroatoms. The molecule has 0 spiro atoms. The maximum atomic E-state index is 12.4. The molecule has 23 heavy (non-hydrogen) atoms. The maximum absolute atomic E-state index is 12.4. The zero-order chi connectivity index (χ0) is 16.4. The van der Waals surface area contributed by atoms with Gasteiger partial charge in [-0.25, -0.2) is 0 Å². The van der Waals surface area contributed by atoms with Crippen molar-refractivity contribution in [2.45, 2.75) is 45.2 Å². The van der Waals surface area contributed by atoms with Gasteiger partial charge in [0.05, 0.1) is 6.54 Å². The van der Waals surface area contributed by atoms with Crippen molar-refractivity contribution in [3.05, 3.63) is 0 Å². The third-order valence-electron chi connectivity index (χ3n) is 5.58. The molecule has 1 saturated carbocycles. The van der Waals surface area contributed by atoms with Gasteiger partial charge in [0.15, 0.2) is 0 Å². The first-order valence-electron chi connectivity index (χ1n) is 9.09. The topological polar surface area (TPSA) is 64.7 Å². The van der Waals surface area contributed by atoms with Gasteiger partial charge in [-0.3, -0.25) is 9.59 Å². The van der Waals surface area contributed by atoms with Gasteiger partial charge in [0.1, 0.15) is 0 Å². The summed E-state index contributed by atoms with van der Waals surface area (Å²) in [6.07, 6.45) is 3.25. The Hall–Kier alpha value is -1.14. The molecular formula is C17H30N4O2. The van der Waals surface area contributed by atoms with Crippen LogP contribution in [0, 0.1) is 11.8 Å². The first-order chi connectivity index (χ1) is 11.1. The number of rotatable bonds is 4. The highest BCUT2D eigenvalue weighted by atomic mass is 16.2. The van der Waals surface area contributed by atoms with Crippen LogP contribution in [0.4, 0.5) is 0 Å². The van der Waals surface area contributed by atoms with Crippen molar-refractivity contribution in [1.29, 1.82) is 0 Å². The van der Waals surface area contributed by atoms with Crippen LogP contribution in [0.5, 0.6) is 0 Å². The minimum Gasteiger partial charge on any atom is -0.339 e. The van der Waals surface area contributed by atoms with Gasteiger partial charge >= 0.3 is 0 Å². The van der Waals surface area contributed by atoms with E-state index in [0.29, 0.717) is 56.6 Å². The highest BCUT2D eigenvalue weighted by Gasteiger charge is 2.35. The summed E-state index contributed by atoms with van der Waals surface area (Å²) in [5.74, 6) is 1.33. The second kappa shape index (κ2) is 7.18. The molecule has 3 rings (SSSR count). The molecular weight excluding hydrogens is 292 g/mol. The Balaban J connectivity index is 1.41. The van der Waals surface area contributed by atoms with Gasteiger partial charge in [0.25, 0.3) is 0 Å². The van der Waals surface area contributed by atoms with Crippen LogP contribution in [0.1, 0.15) is 33.1 Å². The van der Waals surface area contributed by atoms with Gasteiger partial charge < -0.3 is 20.4 Å². The third-order valence-corrected chi connectivity index (χ3v) is 5.58. The highest BCUT2D eigenvalue weighted by Crippen LogP contribution is 2.31. The number of amides is 2. The number of carbonyl (C=O) groups is 2. The number of hydrogen-bond acceptors (Lipinski definition) is 4. The molecule has 3 unspecified atom stereocenters. The highest BCUT2D eigenvalue weighted by molar-refractivity contribution is 5.82. The van der Waals surface area contributed by atoms with Crippen molar-refractivity contribution in [3.63, 3.8) is 0 Å². The number of piperidine rings is 1. The van der Waals surface area contributed by atoms with Crippen LogP contribution in [0.3, 0.4) is 0 Å². The summed E-state index contributed by atoms with van der Waals surface area (Å²) >= 11 is 0. The van der Waals surface area contributed by atoms with Crippen molar-refractivity contribution in [2.75, 3.05) is 39.3 Å². The van der Waals surface area contributed by atoms with E-state index in [-0.39, 0.29) is 11.8 Å². The Bertz CT molecular complexity index is 434. The van der Waals surface area contributed by atoms with Crippen LogP contribution in [-0.4, -0.2) is 73.0 Å². The average molecular weight is 322 g/mol. The van der Waals surface area contributed by atoms with Gasteiger partial charge in [0, 0.05) is 44.2 Å². The maximum Gasteiger partial charge on any atom is 0.236 e. The minimum absolute atomic E-state index is 0.161. The molecule has 3 atom stereocenters. The molecule has 6 nitrogen and oxygen atoms in total. The van der Waals surface area contributed by atoms with Crippen LogP contribution in [-0.2, 0) is 9.59 Å². The van der Waals surface area contributed by atoms with E-state index in [1.54, 1.807) is 0 Å². The lowest BCUT2D eigenvalue weighted by Gasteiger charge is -2.38. The van der Waals surface area contributed by atoms with E-state index in [9.17, 15) is 9.59 Å². The molecule has 3 fully saturated rings. The predicted molar refractivity (Wildman–Crippen MR) is 88.9 cm³/mol. The molecule has 2 amide bonds. The lowest BCUT2D eigenvalue weighted by molar-refractivity contribution is -0.140. The Morgan fingerprint density at radius 3 is 2.30 bits per heavy atom. The Kier molecular flexibility index (Phi) is 5.21. The van der Waals surface area contributed by atoms with Crippen LogP contribution in [0.2, 0.25) is 0 Å². The molecule has 2 heterocycles. The van der Waals surface area contributed by atoms with E-state index in [1.807, 2.05) is 9.80 Å². The van der Waals surface area contributed by atoms with Gasteiger partial charge in [-0.1, -0.05) is 6.92 Å². The van der Waals surface area contributed by atoms with Crippen LogP contribution in [0.15, 0.2) is 0 Å². The molecule has 0 aromatic carbocycles. The molecule has 1 aliphatic carbocycles. The van der Waals surface area contributed by atoms with Gasteiger partial charge in [0.2, 0.25) is 11.8 Å². The van der Waals surface area contributed by atoms with Crippen molar-refractivity contribution < 1.29 is 9.59 Å². The fourth-order valence-electron chi connectivity index (χ4n) is 3.80. The van der Waals surface area contributed by atoms with Crippen LogP contribution < -0.4 is 10.6 Å². The zero-order valence-corrected chi connectivity index (χ0v) is 14.4. The first-order valence-corrected chi connectivity index (χ1v) is 9.09. The molecule has 0 aromatic heterocycles. The zero-order valence-electron chi connectivity index (χ0n) is 14.4.